The Bertz CT molecular complexity index is 521. The molecule has 5 nitrogen and oxygen atoms in total. The van der Waals surface area contributed by atoms with Gasteiger partial charge in [0.2, 0.25) is 0 Å². The zero-order chi connectivity index (χ0) is 15.4. The third kappa shape index (κ3) is 4.03. The number of nitro groups is 1. The van der Waals surface area contributed by atoms with Gasteiger partial charge < -0.3 is 10.2 Å². The van der Waals surface area contributed by atoms with Gasteiger partial charge in [0.15, 0.2) is 0 Å². The van der Waals surface area contributed by atoms with E-state index in [0.717, 1.165) is 32.5 Å². The first-order chi connectivity index (χ1) is 10.0. The zero-order valence-electron chi connectivity index (χ0n) is 11.9. The molecule has 0 unspecified atom stereocenters. The highest BCUT2D eigenvalue weighted by atomic mass is 127. The van der Waals surface area contributed by atoms with Crippen molar-refractivity contribution >= 4 is 34.0 Å². The van der Waals surface area contributed by atoms with E-state index in [0.29, 0.717) is 18.2 Å². The van der Waals surface area contributed by atoms with E-state index in [1.54, 1.807) is 22.6 Å². The standard InChI is InChI=1S/C14H19FIN3O2/c1-2-18(9-10-3-5-17-6-4-10)13-7-11(15)12(16)8-14(13)19(20)21/h7-8,10,17H,2-6,9H2,1H3. The summed E-state index contributed by atoms with van der Waals surface area (Å²) in [5.41, 5.74) is 0.371. The lowest BCUT2D eigenvalue weighted by molar-refractivity contribution is -0.384. The summed E-state index contributed by atoms with van der Waals surface area (Å²) in [6, 6.07) is 2.61. The molecule has 1 aromatic carbocycles. The lowest BCUT2D eigenvalue weighted by Gasteiger charge is -2.30. The molecule has 2 rings (SSSR count). The lowest BCUT2D eigenvalue weighted by atomic mass is 9.97. The van der Waals surface area contributed by atoms with E-state index in [1.807, 2.05) is 11.8 Å². The summed E-state index contributed by atoms with van der Waals surface area (Å²) >= 11 is 1.78. The van der Waals surface area contributed by atoms with E-state index >= 15 is 0 Å². The Labute approximate surface area is 137 Å². The van der Waals surface area contributed by atoms with Crippen molar-refractivity contribution in [1.29, 1.82) is 0 Å². The van der Waals surface area contributed by atoms with Gasteiger partial charge in [-0.25, -0.2) is 4.39 Å². The topological polar surface area (TPSA) is 58.4 Å². The molecule has 0 saturated carbocycles. The number of anilines is 1. The highest BCUT2D eigenvalue weighted by Crippen LogP contribution is 2.32. The van der Waals surface area contributed by atoms with Crippen molar-refractivity contribution in [2.75, 3.05) is 31.1 Å². The first-order valence-corrected chi connectivity index (χ1v) is 8.20. The lowest BCUT2D eigenvalue weighted by Crippen LogP contribution is -2.36. The summed E-state index contributed by atoms with van der Waals surface area (Å²) < 4.78 is 14.1. The fraction of sp³-hybridized carbons (Fsp3) is 0.571. The predicted molar refractivity (Wildman–Crippen MR) is 89.3 cm³/mol. The van der Waals surface area contributed by atoms with Gasteiger partial charge in [-0.3, -0.25) is 10.1 Å². The van der Waals surface area contributed by atoms with E-state index in [1.165, 1.54) is 12.1 Å². The van der Waals surface area contributed by atoms with Crippen LogP contribution in [0.4, 0.5) is 15.8 Å². The van der Waals surface area contributed by atoms with E-state index in [9.17, 15) is 14.5 Å². The summed E-state index contributed by atoms with van der Waals surface area (Å²) in [5, 5.41) is 14.5. The Balaban J connectivity index is 2.27. The van der Waals surface area contributed by atoms with Crippen LogP contribution in [0.15, 0.2) is 12.1 Å². The average Bonchev–Trinajstić information content (AvgIpc) is 2.48. The highest BCUT2D eigenvalue weighted by molar-refractivity contribution is 14.1. The molecule has 116 valence electrons. The molecule has 0 bridgehead atoms. The van der Waals surface area contributed by atoms with E-state index in [2.05, 4.69) is 5.32 Å². The molecular formula is C14H19FIN3O2. The molecule has 1 aliphatic heterocycles. The van der Waals surface area contributed by atoms with Crippen LogP contribution in [-0.4, -0.2) is 31.1 Å². The minimum Gasteiger partial charge on any atom is -0.366 e. The second-order valence-electron chi connectivity index (χ2n) is 5.24. The van der Waals surface area contributed by atoms with Crippen LogP contribution in [0.3, 0.4) is 0 Å². The van der Waals surface area contributed by atoms with Crippen LogP contribution in [0.5, 0.6) is 0 Å². The first kappa shape index (κ1) is 16.4. The Kier molecular flexibility index (Phi) is 5.74. The van der Waals surface area contributed by atoms with E-state index in [4.69, 9.17) is 0 Å². The van der Waals surface area contributed by atoms with Gasteiger partial charge in [0.05, 0.1) is 8.49 Å². The highest BCUT2D eigenvalue weighted by Gasteiger charge is 2.24. The normalized spacial score (nSPS) is 16.0. The minimum absolute atomic E-state index is 0.0171. The maximum atomic E-state index is 13.8. The Morgan fingerprint density at radius 1 is 1.48 bits per heavy atom. The molecule has 0 spiro atoms. The summed E-state index contributed by atoms with van der Waals surface area (Å²) in [4.78, 5) is 12.7. The van der Waals surface area contributed by atoms with Crippen molar-refractivity contribution in [1.82, 2.24) is 5.32 Å². The molecule has 1 fully saturated rings. The smallest absolute Gasteiger partial charge is 0.293 e. The first-order valence-electron chi connectivity index (χ1n) is 7.12. The van der Waals surface area contributed by atoms with Crippen LogP contribution < -0.4 is 10.2 Å². The van der Waals surface area contributed by atoms with Gasteiger partial charge in [-0.1, -0.05) is 0 Å². The molecule has 0 aliphatic carbocycles. The number of benzene rings is 1. The monoisotopic (exact) mass is 407 g/mol. The van der Waals surface area contributed by atoms with E-state index in [-0.39, 0.29) is 9.26 Å². The molecule has 1 aromatic rings. The van der Waals surface area contributed by atoms with Crippen molar-refractivity contribution in [2.24, 2.45) is 5.92 Å². The molecule has 0 atom stereocenters. The Morgan fingerprint density at radius 3 is 2.71 bits per heavy atom. The SMILES string of the molecule is CCN(CC1CCNCC1)c1cc(F)c(I)cc1[N+](=O)[O-]. The van der Waals surface area contributed by atoms with Crippen LogP contribution in [-0.2, 0) is 0 Å². The maximum Gasteiger partial charge on any atom is 0.293 e. The number of rotatable bonds is 5. The van der Waals surface area contributed by atoms with Crippen LogP contribution in [0.25, 0.3) is 0 Å². The number of hydrogen-bond acceptors (Lipinski definition) is 4. The molecule has 7 heteroatoms. The van der Waals surface area contributed by atoms with Crippen molar-refractivity contribution in [2.45, 2.75) is 19.8 Å². The van der Waals surface area contributed by atoms with Gasteiger partial charge in [0.1, 0.15) is 11.5 Å². The van der Waals surface area contributed by atoms with Gasteiger partial charge in [-0.05, 0) is 61.4 Å². The second kappa shape index (κ2) is 7.35. The van der Waals surface area contributed by atoms with Crippen LogP contribution >= 0.6 is 22.6 Å². The molecular weight excluding hydrogens is 388 g/mol. The quantitative estimate of drug-likeness (QED) is 0.463. The third-order valence-corrected chi connectivity index (χ3v) is 4.70. The van der Waals surface area contributed by atoms with Crippen LogP contribution in [0.2, 0.25) is 0 Å². The minimum atomic E-state index is -0.429. The molecule has 1 heterocycles. The largest absolute Gasteiger partial charge is 0.366 e. The maximum absolute atomic E-state index is 13.8. The van der Waals surface area contributed by atoms with E-state index < -0.39 is 10.7 Å². The van der Waals surface area contributed by atoms with Crippen LogP contribution in [0, 0.1) is 25.4 Å². The fourth-order valence-electron chi connectivity index (χ4n) is 2.70. The Hall–Kier alpha value is -0.960. The van der Waals surface area contributed by atoms with Crippen molar-refractivity contribution < 1.29 is 9.31 Å². The molecule has 21 heavy (non-hydrogen) atoms. The molecule has 0 aromatic heterocycles. The number of nitro benzene ring substituents is 1. The summed E-state index contributed by atoms with van der Waals surface area (Å²) in [5.74, 6) is 0.0908. The van der Waals surface area contributed by atoms with Crippen molar-refractivity contribution in [3.8, 4) is 0 Å². The fourth-order valence-corrected chi connectivity index (χ4v) is 3.15. The number of hydrogen-bond donors (Lipinski definition) is 1. The number of piperidine rings is 1. The van der Waals surface area contributed by atoms with Gasteiger partial charge in [0.25, 0.3) is 5.69 Å². The number of nitrogens with zero attached hydrogens (tertiary/aromatic N) is 2. The van der Waals surface area contributed by atoms with Gasteiger partial charge in [-0.2, -0.15) is 0 Å². The Morgan fingerprint density at radius 2 is 2.14 bits per heavy atom. The molecule has 0 amide bonds. The second-order valence-corrected chi connectivity index (χ2v) is 6.41. The summed E-state index contributed by atoms with van der Waals surface area (Å²) in [7, 11) is 0. The zero-order valence-corrected chi connectivity index (χ0v) is 14.1. The third-order valence-electron chi connectivity index (χ3n) is 3.87. The summed E-state index contributed by atoms with van der Waals surface area (Å²) in [6.45, 7) is 5.27. The average molecular weight is 407 g/mol. The summed E-state index contributed by atoms with van der Waals surface area (Å²) in [6.07, 6.45) is 2.11. The van der Waals surface area contributed by atoms with Gasteiger partial charge in [-0.15, -0.1) is 0 Å². The molecule has 1 aliphatic rings. The van der Waals surface area contributed by atoms with Gasteiger partial charge in [0, 0.05) is 25.2 Å². The number of nitrogens with one attached hydrogen (secondary N) is 1. The van der Waals surface area contributed by atoms with Crippen molar-refractivity contribution in [3.63, 3.8) is 0 Å². The predicted octanol–water partition coefficient (Wildman–Crippen LogP) is 3.16. The van der Waals surface area contributed by atoms with Crippen molar-refractivity contribution in [3.05, 3.63) is 31.6 Å². The molecule has 1 saturated heterocycles. The molecule has 0 radical (unpaired) electrons. The van der Waals surface area contributed by atoms with Crippen LogP contribution in [0.1, 0.15) is 19.8 Å². The number of halogens is 2. The van der Waals surface area contributed by atoms with Gasteiger partial charge >= 0.3 is 0 Å². The molecule has 1 N–H and O–H groups in total.